The van der Waals surface area contributed by atoms with E-state index in [0.717, 1.165) is 5.56 Å². The summed E-state index contributed by atoms with van der Waals surface area (Å²) in [6, 6.07) is 6.60. The third-order valence-corrected chi connectivity index (χ3v) is 7.17. The van der Waals surface area contributed by atoms with Crippen LogP contribution in [-0.4, -0.2) is 87.8 Å². The summed E-state index contributed by atoms with van der Waals surface area (Å²) in [6.07, 6.45) is -2.61. The van der Waals surface area contributed by atoms with Crippen LogP contribution >= 0.6 is 0 Å². The Balaban J connectivity index is 0.000000181. The lowest BCUT2D eigenvalue weighted by molar-refractivity contribution is 0.00205. The summed E-state index contributed by atoms with van der Waals surface area (Å²) >= 11 is 0. The molecule has 5 rings (SSSR count). The molecule has 30 heavy (non-hydrogen) atoms. The van der Waals surface area contributed by atoms with Gasteiger partial charge in [-0.15, -0.1) is 0 Å². The van der Waals surface area contributed by atoms with Crippen LogP contribution in [0.3, 0.4) is 0 Å². The maximum absolute atomic E-state index is 12.2. The zero-order valence-electron chi connectivity index (χ0n) is 16.9. The Morgan fingerprint density at radius 3 is 1.97 bits per heavy atom. The van der Waals surface area contributed by atoms with Gasteiger partial charge in [-0.3, -0.25) is 4.18 Å². The van der Waals surface area contributed by atoms with Gasteiger partial charge in [-0.25, -0.2) is 0 Å². The fourth-order valence-electron chi connectivity index (χ4n) is 4.12. The van der Waals surface area contributed by atoms with E-state index in [2.05, 4.69) is 0 Å². The highest BCUT2D eigenvalue weighted by molar-refractivity contribution is 7.86. The molecule has 4 aliphatic rings. The van der Waals surface area contributed by atoms with Crippen LogP contribution in [0, 0.1) is 12.8 Å². The molecule has 0 aromatic heterocycles. The van der Waals surface area contributed by atoms with E-state index in [1.807, 2.05) is 13.8 Å². The molecule has 0 bridgehead atoms. The number of hydrogen-bond donors (Lipinski definition) is 2. The van der Waals surface area contributed by atoms with Gasteiger partial charge in [0.2, 0.25) is 0 Å². The standard InChI is InChI=1S/C14H18O5S.C6H10O4/c1-9-3-5-11(6-4-9)20(15,16)19-12-8-18-13-10(2)7-17-14(12)13;7-3-1-9-6-4(8)2-10-5(3)6/h3-6,10,12-14H,7-8H2,1-2H3;3-8H,1-2H2/t10-,12+,13+,14+;3-,4+,5-,6-/m01/s1. The van der Waals surface area contributed by atoms with Crippen molar-refractivity contribution in [1.29, 1.82) is 0 Å². The average Bonchev–Trinajstić information content (AvgIpc) is 3.45. The Labute approximate surface area is 176 Å². The maximum atomic E-state index is 12.2. The molecule has 9 nitrogen and oxygen atoms in total. The Hall–Kier alpha value is -1.11. The second kappa shape index (κ2) is 8.79. The van der Waals surface area contributed by atoms with Gasteiger partial charge in [-0.1, -0.05) is 24.6 Å². The summed E-state index contributed by atoms with van der Waals surface area (Å²) in [6.45, 7) is 5.34. The number of benzene rings is 1. The van der Waals surface area contributed by atoms with Crippen molar-refractivity contribution in [2.75, 3.05) is 26.4 Å². The molecule has 8 atom stereocenters. The molecule has 0 radical (unpaired) electrons. The number of rotatable bonds is 3. The van der Waals surface area contributed by atoms with Crippen LogP contribution in [0.25, 0.3) is 0 Å². The molecule has 1 aromatic carbocycles. The molecule has 4 saturated heterocycles. The largest absolute Gasteiger partial charge is 0.388 e. The Morgan fingerprint density at radius 1 is 0.833 bits per heavy atom. The first-order valence-corrected chi connectivity index (χ1v) is 11.5. The minimum atomic E-state index is -3.78. The topological polar surface area (TPSA) is 121 Å². The van der Waals surface area contributed by atoms with Crippen LogP contribution in [0.15, 0.2) is 29.2 Å². The first kappa shape index (κ1) is 22.1. The van der Waals surface area contributed by atoms with Crippen molar-refractivity contribution in [3.05, 3.63) is 29.8 Å². The Bertz CT molecular complexity index is 811. The average molecular weight is 445 g/mol. The van der Waals surface area contributed by atoms with Crippen LogP contribution in [0.1, 0.15) is 12.5 Å². The monoisotopic (exact) mass is 444 g/mol. The molecule has 168 valence electrons. The van der Waals surface area contributed by atoms with E-state index < -0.39 is 28.4 Å². The molecule has 0 aliphatic carbocycles. The molecule has 2 N–H and O–H groups in total. The van der Waals surface area contributed by atoms with Gasteiger partial charge in [0.1, 0.15) is 36.6 Å². The first-order chi connectivity index (χ1) is 14.3. The second-order valence-corrected chi connectivity index (χ2v) is 9.78. The summed E-state index contributed by atoms with van der Waals surface area (Å²) in [5.74, 6) is 0.274. The van der Waals surface area contributed by atoms with Gasteiger partial charge in [0.25, 0.3) is 10.1 Å². The predicted octanol–water partition coefficient (Wildman–Crippen LogP) is 0.00842. The van der Waals surface area contributed by atoms with Crippen LogP contribution in [-0.2, 0) is 33.2 Å². The van der Waals surface area contributed by atoms with Crippen LogP contribution in [0.4, 0.5) is 0 Å². The highest BCUT2D eigenvalue weighted by Crippen LogP contribution is 2.33. The molecule has 1 aromatic rings. The number of ether oxygens (including phenoxy) is 4. The van der Waals surface area contributed by atoms with Gasteiger partial charge in [0.15, 0.2) is 0 Å². The third-order valence-electron chi connectivity index (χ3n) is 5.82. The lowest BCUT2D eigenvalue weighted by atomic mass is 10.0. The van der Waals surface area contributed by atoms with E-state index in [4.69, 9.17) is 33.3 Å². The SMILES string of the molecule is Cc1ccc(S(=O)(=O)O[C@@H]2CO[C@H]3[C@@H]2OC[C@@H]3C)cc1.O[C@@H]1CO[C@H]2[C@@H]1OC[C@@H]2O. The number of aryl methyl sites for hydroxylation is 1. The zero-order valence-corrected chi connectivity index (χ0v) is 17.7. The van der Waals surface area contributed by atoms with E-state index in [1.54, 1.807) is 24.3 Å². The van der Waals surface area contributed by atoms with E-state index in [1.165, 1.54) is 0 Å². The highest BCUT2D eigenvalue weighted by atomic mass is 32.2. The lowest BCUT2D eigenvalue weighted by Gasteiger charge is -2.16. The quantitative estimate of drug-likeness (QED) is 0.621. The number of aliphatic hydroxyl groups is 2. The summed E-state index contributed by atoms with van der Waals surface area (Å²) < 4.78 is 51.1. The minimum absolute atomic E-state index is 0.0618. The van der Waals surface area contributed by atoms with Crippen LogP contribution < -0.4 is 0 Å². The molecule has 4 fully saturated rings. The van der Waals surface area contributed by atoms with Gasteiger partial charge in [0, 0.05) is 5.92 Å². The van der Waals surface area contributed by atoms with E-state index in [0.29, 0.717) is 6.61 Å². The minimum Gasteiger partial charge on any atom is -0.388 e. The molecule has 4 aliphatic heterocycles. The first-order valence-electron chi connectivity index (χ1n) is 10.1. The van der Waals surface area contributed by atoms with E-state index in [9.17, 15) is 8.42 Å². The van der Waals surface area contributed by atoms with Gasteiger partial charge < -0.3 is 29.2 Å². The molecule has 0 spiro atoms. The number of hydrogen-bond acceptors (Lipinski definition) is 9. The second-order valence-electron chi connectivity index (χ2n) is 8.21. The van der Waals surface area contributed by atoms with E-state index in [-0.39, 0.29) is 55.0 Å². The van der Waals surface area contributed by atoms with Crippen molar-refractivity contribution in [3.63, 3.8) is 0 Å². The summed E-state index contributed by atoms with van der Waals surface area (Å²) in [5, 5.41) is 18.3. The van der Waals surface area contributed by atoms with Gasteiger partial charge in [-0.2, -0.15) is 8.42 Å². The van der Waals surface area contributed by atoms with Crippen LogP contribution in [0.5, 0.6) is 0 Å². The summed E-state index contributed by atoms with van der Waals surface area (Å²) in [5.41, 5.74) is 1.00. The smallest absolute Gasteiger partial charge is 0.297 e. The fraction of sp³-hybridized carbons (Fsp3) is 0.700. The zero-order chi connectivity index (χ0) is 21.5. The van der Waals surface area contributed by atoms with Gasteiger partial charge in [0.05, 0.1) is 37.4 Å². The molecule has 0 saturated carbocycles. The van der Waals surface area contributed by atoms with Crippen molar-refractivity contribution < 1.29 is 41.8 Å². The highest BCUT2D eigenvalue weighted by Gasteiger charge is 2.48. The molecule has 10 heteroatoms. The van der Waals surface area contributed by atoms with Crippen molar-refractivity contribution in [3.8, 4) is 0 Å². The summed E-state index contributed by atoms with van der Waals surface area (Å²) in [4.78, 5) is 0.164. The Morgan fingerprint density at radius 2 is 1.37 bits per heavy atom. The van der Waals surface area contributed by atoms with Gasteiger partial charge >= 0.3 is 0 Å². The number of fused-ring (bicyclic) bond motifs is 2. The fourth-order valence-corrected chi connectivity index (χ4v) is 5.19. The predicted molar refractivity (Wildman–Crippen MR) is 103 cm³/mol. The van der Waals surface area contributed by atoms with Crippen LogP contribution in [0.2, 0.25) is 0 Å². The molecular formula is C20H28O9S. The third kappa shape index (κ3) is 4.42. The molecular weight excluding hydrogens is 416 g/mol. The van der Waals surface area contributed by atoms with Crippen molar-refractivity contribution in [2.45, 2.75) is 61.5 Å². The van der Waals surface area contributed by atoms with Crippen molar-refractivity contribution >= 4 is 10.1 Å². The summed E-state index contributed by atoms with van der Waals surface area (Å²) in [7, 11) is -3.78. The molecule has 0 unspecified atom stereocenters. The lowest BCUT2D eigenvalue weighted by Crippen LogP contribution is -2.32. The van der Waals surface area contributed by atoms with Crippen molar-refractivity contribution in [1.82, 2.24) is 0 Å². The van der Waals surface area contributed by atoms with Crippen molar-refractivity contribution in [2.24, 2.45) is 5.92 Å². The van der Waals surface area contributed by atoms with Gasteiger partial charge in [-0.05, 0) is 19.1 Å². The van der Waals surface area contributed by atoms with E-state index >= 15 is 0 Å². The normalized spacial score (nSPS) is 40.0. The molecule has 4 heterocycles. The maximum Gasteiger partial charge on any atom is 0.297 e. The molecule has 0 amide bonds. The number of aliphatic hydroxyl groups excluding tert-OH is 2. The Kier molecular flexibility index (Phi) is 6.48.